The number of hydrogen-bond acceptors (Lipinski definition) is 5. The van der Waals surface area contributed by atoms with Crippen molar-refractivity contribution in [2.75, 3.05) is 13.1 Å². The number of thiophene rings is 1. The molecule has 1 aromatic heterocycles. The highest BCUT2D eigenvalue weighted by Gasteiger charge is 2.27. The average molecular weight is 395 g/mol. The molecule has 1 saturated heterocycles. The van der Waals surface area contributed by atoms with Crippen LogP contribution in [0.25, 0.3) is 0 Å². The van der Waals surface area contributed by atoms with Crippen LogP contribution in [0, 0.1) is 6.92 Å². The molecule has 26 heavy (non-hydrogen) atoms. The van der Waals surface area contributed by atoms with Crippen LogP contribution in [0.1, 0.15) is 33.6 Å². The Morgan fingerprint density at radius 2 is 1.92 bits per heavy atom. The molecule has 0 atom stereocenters. The van der Waals surface area contributed by atoms with Crippen molar-refractivity contribution in [3.8, 4) is 0 Å². The first-order valence-electron chi connectivity index (χ1n) is 8.47. The molecular weight excluding hydrogens is 372 g/mol. The molecule has 3 rings (SSSR count). The van der Waals surface area contributed by atoms with E-state index in [1.54, 1.807) is 6.92 Å². The molecule has 1 fully saturated rings. The fourth-order valence-corrected chi connectivity index (χ4v) is 5.83. The SMILES string of the molecule is Cc1cc(S(=O)(=O)NC2CCN(Cc3ccccc3)CC2)sc1C(=O)O. The summed E-state index contributed by atoms with van der Waals surface area (Å²) in [7, 11) is -3.68. The second-order valence-electron chi connectivity index (χ2n) is 6.54. The molecule has 2 heterocycles. The molecule has 0 bridgehead atoms. The Kier molecular flexibility index (Phi) is 5.76. The van der Waals surface area contributed by atoms with E-state index in [4.69, 9.17) is 5.11 Å². The summed E-state index contributed by atoms with van der Waals surface area (Å²) in [4.78, 5) is 13.5. The van der Waals surface area contributed by atoms with E-state index in [0.29, 0.717) is 5.56 Å². The van der Waals surface area contributed by atoms with Crippen LogP contribution in [0.3, 0.4) is 0 Å². The van der Waals surface area contributed by atoms with Crippen molar-refractivity contribution in [3.05, 3.63) is 52.4 Å². The number of sulfonamides is 1. The lowest BCUT2D eigenvalue weighted by atomic mass is 10.1. The number of carboxylic acid groups (broad SMARTS) is 1. The largest absolute Gasteiger partial charge is 0.477 e. The van der Waals surface area contributed by atoms with E-state index in [1.165, 1.54) is 11.6 Å². The van der Waals surface area contributed by atoms with Crippen LogP contribution in [-0.4, -0.2) is 43.5 Å². The molecule has 0 spiro atoms. The Bertz CT molecular complexity index is 870. The first-order valence-corrected chi connectivity index (χ1v) is 10.8. The highest BCUT2D eigenvalue weighted by atomic mass is 32.2. The first kappa shape index (κ1) is 19.0. The van der Waals surface area contributed by atoms with E-state index in [2.05, 4.69) is 21.8 Å². The summed E-state index contributed by atoms with van der Waals surface area (Å²) in [5.74, 6) is -1.09. The number of hydrogen-bond donors (Lipinski definition) is 2. The van der Waals surface area contributed by atoms with Gasteiger partial charge in [0.05, 0.1) is 0 Å². The Balaban J connectivity index is 1.58. The molecular formula is C18H22N2O4S2. The van der Waals surface area contributed by atoms with Gasteiger partial charge in [-0.2, -0.15) is 0 Å². The predicted octanol–water partition coefficient (Wildman–Crippen LogP) is 2.70. The van der Waals surface area contributed by atoms with Gasteiger partial charge in [-0.15, -0.1) is 11.3 Å². The molecule has 1 aliphatic rings. The summed E-state index contributed by atoms with van der Waals surface area (Å²) in [6.45, 7) is 4.13. The lowest BCUT2D eigenvalue weighted by molar-refractivity contribution is 0.0701. The summed E-state index contributed by atoms with van der Waals surface area (Å²) in [6.07, 6.45) is 1.48. The van der Waals surface area contributed by atoms with Crippen molar-refractivity contribution in [1.29, 1.82) is 0 Å². The fraction of sp³-hybridized carbons (Fsp3) is 0.389. The van der Waals surface area contributed by atoms with E-state index in [1.807, 2.05) is 18.2 Å². The van der Waals surface area contributed by atoms with E-state index in [9.17, 15) is 13.2 Å². The van der Waals surface area contributed by atoms with Gasteiger partial charge in [0.15, 0.2) is 0 Å². The summed E-state index contributed by atoms with van der Waals surface area (Å²) in [5, 5.41) is 9.11. The normalized spacial score (nSPS) is 16.7. The summed E-state index contributed by atoms with van der Waals surface area (Å²) < 4.78 is 27.9. The predicted molar refractivity (Wildman–Crippen MR) is 101 cm³/mol. The van der Waals surface area contributed by atoms with Crippen molar-refractivity contribution in [1.82, 2.24) is 9.62 Å². The molecule has 0 radical (unpaired) electrons. The zero-order chi connectivity index (χ0) is 18.7. The van der Waals surface area contributed by atoms with Gasteiger partial charge in [0.25, 0.3) is 0 Å². The smallest absolute Gasteiger partial charge is 0.346 e. The Morgan fingerprint density at radius 1 is 1.27 bits per heavy atom. The zero-order valence-electron chi connectivity index (χ0n) is 14.5. The van der Waals surface area contributed by atoms with Gasteiger partial charge in [0, 0.05) is 25.7 Å². The van der Waals surface area contributed by atoms with E-state index < -0.39 is 16.0 Å². The number of rotatable bonds is 6. The van der Waals surface area contributed by atoms with E-state index >= 15 is 0 Å². The average Bonchev–Trinajstić information content (AvgIpc) is 3.00. The third-order valence-electron chi connectivity index (χ3n) is 4.51. The Morgan fingerprint density at radius 3 is 2.50 bits per heavy atom. The van der Waals surface area contributed by atoms with Crippen LogP contribution in [0.5, 0.6) is 0 Å². The standard InChI is InChI=1S/C18H22N2O4S2/c1-13-11-16(25-17(13)18(21)22)26(23,24)19-15-7-9-20(10-8-15)12-14-5-3-2-4-6-14/h2-6,11,15,19H,7-10,12H2,1H3,(H,21,22). The van der Waals surface area contributed by atoms with Crippen molar-refractivity contribution in [2.45, 2.75) is 36.6 Å². The molecule has 0 aliphatic carbocycles. The van der Waals surface area contributed by atoms with Crippen molar-refractivity contribution in [2.24, 2.45) is 0 Å². The zero-order valence-corrected chi connectivity index (χ0v) is 16.1. The van der Waals surface area contributed by atoms with Gasteiger partial charge in [-0.05, 0) is 37.0 Å². The van der Waals surface area contributed by atoms with Crippen molar-refractivity contribution >= 4 is 27.3 Å². The second-order valence-corrected chi connectivity index (χ2v) is 9.53. The Hall–Kier alpha value is -1.74. The topological polar surface area (TPSA) is 86.7 Å². The minimum Gasteiger partial charge on any atom is -0.477 e. The quantitative estimate of drug-likeness (QED) is 0.787. The summed E-state index contributed by atoms with van der Waals surface area (Å²) in [6, 6.07) is 11.5. The van der Waals surface area contributed by atoms with Gasteiger partial charge in [0.2, 0.25) is 10.0 Å². The molecule has 8 heteroatoms. The van der Waals surface area contributed by atoms with E-state index in [-0.39, 0.29) is 15.1 Å². The molecule has 1 aliphatic heterocycles. The number of aromatic carboxylic acids is 1. The number of aryl methyl sites for hydroxylation is 1. The number of carbonyl (C=O) groups is 1. The molecule has 6 nitrogen and oxygen atoms in total. The number of nitrogens with zero attached hydrogens (tertiary/aromatic N) is 1. The highest BCUT2D eigenvalue weighted by Crippen LogP contribution is 2.27. The van der Waals surface area contributed by atoms with Gasteiger partial charge in [-0.3, -0.25) is 4.90 Å². The fourth-order valence-electron chi connectivity index (χ4n) is 3.13. The molecule has 2 aromatic rings. The maximum Gasteiger partial charge on any atom is 0.346 e. The first-order chi connectivity index (χ1) is 12.3. The molecule has 0 amide bonds. The van der Waals surface area contributed by atoms with Crippen LogP contribution in [-0.2, 0) is 16.6 Å². The highest BCUT2D eigenvalue weighted by molar-refractivity contribution is 7.91. The number of carboxylic acids is 1. The monoisotopic (exact) mass is 394 g/mol. The molecule has 140 valence electrons. The van der Waals surface area contributed by atoms with Gasteiger partial charge in [0.1, 0.15) is 9.09 Å². The molecule has 1 aromatic carbocycles. The maximum absolute atomic E-state index is 12.6. The minimum absolute atomic E-state index is 0.0686. The Labute approximate surface area is 157 Å². The van der Waals surface area contributed by atoms with Crippen LogP contribution < -0.4 is 4.72 Å². The third-order valence-corrected chi connectivity index (χ3v) is 7.73. The van der Waals surface area contributed by atoms with Crippen LogP contribution in [0.4, 0.5) is 0 Å². The van der Waals surface area contributed by atoms with Gasteiger partial charge >= 0.3 is 5.97 Å². The summed E-state index contributed by atoms with van der Waals surface area (Å²) >= 11 is 0.805. The van der Waals surface area contributed by atoms with Gasteiger partial charge in [-0.25, -0.2) is 17.9 Å². The number of likely N-dealkylation sites (tertiary alicyclic amines) is 1. The van der Waals surface area contributed by atoms with Gasteiger partial charge < -0.3 is 5.11 Å². The van der Waals surface area contributed by atoms with Crippen LogP contribution in [0.15, 0.2) is 40.6 Å². The third kappa shape index (κ3) is 4.50. The maximum atomic E-state index is 12.6. The molecule has 0 unspecified atom stereocenters. The number of benzene rings is 1. The molecule has 0 saturated carbocycles. The summed E-state index contributed by atoms with van der Waals surface area (Å²) in [5.41, 5.74) is 1.72. The second kappa shape index (κ2) is 7.87. The number of piperidine rings is 1. The van der Waals surface area contributed by atoms with Crippen LogP contribution >= 0.6 is 11.3 Å². The lowest BCUT2D eigenvalue weighted by Crippen LogP contribution is -2.44. The van der Waals surface area contributed by atoms with Crippen molar-refractivity contribution in [3.63, 3.8) is 0 Å². The molecule has 2 N–H and O–H groups in total. The van der Waals surface area contributed by atoms with Crippen LogP contribution in [0.2, 0.25) is 0 Å². The number of nitrogens with one attached hydrogen (secondary N) is 1. The van der Waals surface area contributed by atoms with E-state index in [0.717, 1.165) is 43.8 Å². The lowest BCUT2D eigenvalue weighted by Gasteiger charge is -2.32. The van der Waals surface area contributed by atoms with Gasteiger partial charge in [-0.1, -0.05) is 30.3 Å². The van der Waals surface area contributed by atoms with Crippen molar-refractivity contribution < 1.29 is 18.3 Å². The minimum atomic E-state index is -3.68.